The Morgan fingerprint density at radius 1 is 0.947 bits per heavy atom. The fourth-order valence-corrected chi connectivity index (χ4v) is 1.85. The maximum atomic E-state index is 11.7. The smallest absolute Gasteiger partial charge is 0.345 e. The van der Waals surface area contributed by atoms with Gasteiger partial charge in [-0.2, -0.15) is 0 Å². The highest BCUT2D eigenvalue weighted by Gasteiger charge is 2.19. The minimum Gasteiger partial charge on any atom is -0.449 e. The largest absolute Gasteiger partial charge is 0.449 e. The van der Waals surface area contributed by atoms with Crippen LogP contribution in [0.15, 0.2) is 71.7 Å². The van der Waals surface area contributed by atoms with E-state index < -0.39 is 12.1 Å². The molecular formula is C16H13BrO2. The summed E-state index contributed by atoms with van der Waals surface area (Å²) < 4.78 is 5.71. The second-order valence-electron chi connectivity index (χ2n) is 4.01. The number of benzene rings is 2. The molecule has 0 aliphatic heterocycles. The van der Waals surface area contributed by atoms with Crippen molar-refractivity contribution in [3.05, 3.63) is 82.9 Å². The van der Waals surface area contributed by atoms with Crippen LogP contribution < -0.4 is 0 Å². The topological polar surface area (TPSA) is 26.3 Å². The van der Waals surface area contributed by atoms with E-state index in [0.717, 1.165) is 11.1 Å². The molecule has 0 unspecified atom stereocenters. The third-order valence-corrected chi connectivity index (χ3v) is 2.97. The van der Waals surface area contributed by atoms with Gasteiger partial charge in [0.1, 0.15) is 0 Å². The molecular weight excluding hydrogens is 304 g/mol. The second kappa shape index (κ2) is 6.34. The molecule has 0 aliphatic rings. The molecule has 0 saturated heterocycles. The molecule has 2 aromatic rings. The van der Waals surface area contributed by atoms with Crippen molar-refractivity contribution in [2.45, 2.75) is 6.10 Å². The van der Waals surface area contributed by atoms with Crippen molar-refractivity contribution in [2.75, 3.05) is 0 Å². The summed E-state index contributed by atoms with van der Waals surface area (Å²) in [5.41, 5.74) is 1.85. The lowest BCUT2D eigenvalue weighted by Crippen LogP contribution is -2.12. The van der Waals surface area contributed by atoms with Crippen LogP contribution in [-0.4, -0.2) is 5.97 Å². The summed E-state index contributed by atoms with van der Waals surface area (Å²) in [4.78, 5) is 11.7. The van der Waals surface area contributed by atoms with E-state index in [-0.39, 0.29) is 4.48 Å². The van der Waals surface area contributed by atoms with E-state index in [1.165, 1.54) is 0 Å². The van der Waals surface area contributed by atoms with Gasteiger partial charge in [-0.05, 0) is 27.1 Å². The number of esters is 1. The van der Waals surface area contributed by atoms with Gasteiger partial charge in [0.05, 0.1) is 4.48 Å². The van der Waals surface area contributed by atoms with Gasteiger partial charge in [0, 0.05) is 0 Å². The summed E-state index contributed by atoms with van der Waals surface area (Å²) in [6.07, 6.45) is -0.427. The van der Waals surface area contributed by atoms with E-state index in [9.17, 15) is 4.79 Å². The molecule has 2 nitrogen and oxygen atoms in total. The van der Waals surface area contributed by atoms with E-state index in [0.29, 0.717) is 0 Å². The summed E-state index contributed by atoms with van der Waals surface area (Å²) in [7, 11) is 0. The van der Waals surface area contributed by atoms with Crippen LogP contribution in [0, 0.1) is 0 Å². The molecule has 0 N–H and O–H groups in total. The maximum Gasteiger partial charge on any atom is 0.345 e. The third kappa shape index (κ3) is 3.55. The van der Waals surface area contributed by atoms with Gasteiger partial charge in [-0.25, -0.2) is 4.79 Å². The van der Waals surface area contributed by atoms with Gasteiger partial charge in [-0.1, -0.05) is 67.2 Å². The van der Waals surface area contributed by atoms with Gasteiger partial charge in [0.15, 0.2) is 6.10 Å². The van der Waals surface area contributed by atoms with Crippen molar-refractivity contribution in [1.29, 1.82) is 0 Å². The average Bonchev–Trinajstić information content (AvgIpc) is 2.46. The Labute approximate surface area is 120 Å². The first-order valence-electron chi connectivity index (χ1n) is 5.84. The highest BCUT2D eigenvalue weighted by Crippen LogP contribution is 2.27. The number of halogens is 1. The SMILES string of the molecule is C=C(Br)C(=O)OC(c1ccccc1)c1ccccc1. The van der Waals surface area contributed by atoms with Gasteiger partial charge < -0.3 is 4.74 Å². The summed E-state index contributed by atoms with van der Waals surface area (Å²) in [5, 5.41) is 0. The highest BCUT2D eigenvalue weighted by atomic mass is 79.9. The maximum absolute atomic E-state index is 11.7. The van der Waals surface area contributed by atoms with Crippen molar-refractivity contribution in [1.82, 2.24) is 0 Å². The fourth-order valence-electron chi connectivity index (χ4n) is 1.76. The average molecular weight is 317 g/mol. The van der Waals surface area contributed by atoms with Crippen LogP contribution in [0.2, 0.25) is 0 Å². The lowest BCUT2D eigenvalue weighted by molar-refractivity contribution is -0.141. The Kier molecular flexibility index (Phi) is 4.53. The Balaban J connectivity index is 2.34. The van der Waals surface area contributed by atoms with Crippen molar-refractivity contribution in [3.63, 3.8) is 0 Å². The van der Waals surface area contributed by atoms with Crippen LogP contribution in [-0.2, 0) is 9.53 Å². The van der Waals surface area contributed by atoms with E-state index >= 15 is 0 Å². The number of carbonyl (C=O) groups excluding carboxylic acids is 1. The normalized spacial score (nSPS) is 10.2. The zero-order chi connectivity index (χ0) is 13.7. The van der Waals surface area contributed by atoms with Gasteiger partial charge >= 0.3 is 5.97 Å². The summed E-state index contributed by atoms with van der Waals surface area (Å²) in [6.45, 7) is 3.54. The Morgan fingerprint density at radius 3 is 1.74 bits per heavy atom. The fraction of sp³-hybridized carbons (Fsp3) is 0.0625. The zero-order valence-corrected chi connectivity index (χ0v) is 11.8. The minimum atomic E-state index is -0.460. The molecule has 2 rings (SSSR count). The monoisotopic (exact) mass is 316 g/mol. The number of rotatable bonds is 4. The molecule has 0 atom stereocenters. The van der Waals surface area contributed by atoms with Crippen LogP contribution in [0.5, 0.6) is 0 Å². The molecule has 96 valence electrons. The Bertz CT molecular complexity index is 524. The molecule has 19 heavy (non-hydrogen) atoms. The predicted molar refractivity (Wildman–Crippen MR) is 78.9 cm³/mol. The van der Waals surface area contributed by atoms with E-state index in [2.05, 4.69) is 22.5 Å². The van der Waals surface area contributed by atoms with Crippen molar-refractivity contribution in [3.8, 4) is 0 Å². The van der Waals surface area contributed by atoms with Gasteiger partial charge in [0.25, 0.3) is 0 Å². The minimum absolute atomic E-state index is 0.212. The first-order chi connectivity index (χ1) is 9.18. The van der Waals surface area contributed by atoms with Gasteiger partial charge in [0.2, 0.25) is 0 Å². The molecule has 2 aromatic carbocycles. The standard InChI is InChI=1S/C16H13BrO2/c1-12(17)16(18)19-15(13-8-4-2-5-9-13)14-10-6-3-7-11-14/h2-11,15H,1H2. The molecule has 0 aromatic heterocycles. The number of carbonyl (C=O) groups is 1. The summed E-state index contributed by atoms with van der Waals surface area (Å²) in [5.74, 6) is -0.460. The molecule has 0 radical (unpaired) electrons. The van der Waals surface area contributed by atoms with Crippen LogP contribution in [0.25, 0.3) is 0 Å². The van der Waals surface area contributed by atoms with Crippen molar-refractivity contribution in [2.24, 2.45) is 0 Å². The van der Waals surface area contributed by atoms with Crippen LogP contribution in [0.1, 0.15) is 17.2 Å². The Morgan fingerprint density at radius 2 is 1.37 bits per heavy atom. The molecule has 3 heteroatoms. The molecule has 0 spiro atoms. The lowest BCUT2D eigenvalue weighted by Gasteiger charge is -2.18. The van der Waals surface area contributed by atoms with E-state index in [1.807, 2.05) is 60.7 Å². The molecule has 0 fully saturated rings. The first-order valence-corrected chi connectivity index (χ1v) is 6.63. The summed E-state index contributed by atoms with van der Waals surface area (Å²) >= 11 is 3.04. The molecule has 0 heterocycles. The van der Waals surface area contributed by atoms with E-state index in [4.69, 9.17) is 4.74 Å². The van der Waals surface area contributed by atoms with Gasteiger partial charge in [-0.15, -0.1) is 0 Å². The molecule has 0 aliphatic carbocycles. The molecule has 0 saturated carbocycles. The highest BCUT2D eigenvalue weighted by molar-refractivity contribution is 9.12. The second-order valence-corrected chi connectivity index (χ2v) is 4.97. The number of hydrogen-bond donors (Lipinski definition) is 0. The first kappa shape index (κ1) is 13.6. The lowest BCUT2D eigenvalue weighted by atomic mass is 10.0. The van der Waals surface area contributed by atoms with Crippen molar-refractivity contribution < 1.29 is 9.53 Å². The van der Waals surface area contributed by atoms with Crippen LogP contribution >= 0.6 is 15.9 Å². The van der Waals surface area contributed by atoms with Crippen molar-refractivity contribution >= 4 is 21.9 Å². The van der Waals surface area contributed by atoms with Gasteiger partial charge in [-0.3, -0.25) is 0 Å². The summed E-state index contributed by atoms with van der Waals surface area (Å²) in [6, 6.07) is 19.3. The van der Waals surface area contributed by atoms with E-state index in [1.54, 1.807) is 0 Å². The zero-order valence-electron chi connectivity index (χ0n) is 10.3. The van der Waals surface area contributed by atoms with Crippen LogP contribution in [0.4, 0.5) is 0 Å². The third-order valence-electron chi connectivity index (χ3n) is 2.65. The molecule has 0 amide bonds. The van der Waals surface area contributed by atoms with Crippen LogP contribution in [0.3, 0.4) is 0 Å². The number of hydrogen-bond acceptors (Lipinski definition) is 2. The number of ether oxygens (including phenoxy) is 1. The Hall–Kier alpha value is -1.87. The predicted octanol–water partition coefficient (Wildman–Crippen LogP) is 4.23. The quantitative estimate of drug-likeness (QED) is 0.623. The molecule has 0 bridgehead atoms.